The predicted octanol–water partition coefficient (Wildman–Crippen LogP) is 2.19. The molecule has 0 atom stereocenters. The van der Waals surface area contributed by atoms with Crippen molar-refractivity contribution in [1.82, 2.24) is 4.90 Å². The van der Waals surface area contributed by atoms with E-state index in [2.05, 4.69) is 6.92 Å². The summed E-state index contributed by atoms with van der Waals surface area (Å²) < 4.78 is 0. The number of unbranched alkanes of at least 4 members (excludes halogenated alkanes) is 1. The summed E-state index contributed by atoms with van der Waals surface area (Å²) in [5.74, 6) is 0.306. The Morgan fingerprint density at radius 3 is 2.81 bits per heavy atom. The summed E-state index contributed by atoms with van der Waals surface area (Å²) in [7, 11) is 1.82. The van der Waals surface area contributed by atoms with Crippen LogP contribution in [0.15, 0.2) is 24.3 Å². The molecule has 0 radical (unpaired) electrons. The molecule has 0 heterocycles. The van der Waals surface area contributed by atoms with E-state index in [1.54, 1.807) is 23.1 Å². The molecule has 3 nitrogen and oxygen atoms in total. The van der Waals surface area contributed by atoms with Gasteiger partial charge >= 0.3 is 0 Å². The largest absolute Gasteiger partial charge is 0.508 e. The van der Waals surface area contributed by atoms with Crippen molar-refractivity contribution < 1.29 is 9.90 Å². The lowest BCUT2D eigenvalue weighted by atomic mass is 10.1. The molecule has 0 fully saturated rings. The molecule has 0 saturated heterocycles. The first-order valence-electron chi connectivity index (χ1n) is 5.65. The summed E-state index contributed by atoms with van der Waals surface area (Å²) >= 11 is 0. The third-order valence-corrected chi connectivity index (χ3v) is 2.54. The number of amides is 1. The Morgan fingerprint density at radius 1 is 1.44 bits per heavy atom. The fraction of sp³-hybridized carbons (Fsp3) is 0.462. The highest BCUT2D eigenvalue weighted by molar-refractivity contribution is 5.78. The van der Waals surface area contributed by atoms with Gasteiger partial charge in [-0.05, 0) is 24.1 Å². The Labute approximate surface area is 96.7 Å². The third-order valence-electron chi connectivity index (χ3n) is 2.54. The van der Waals surface area contributed by atoms with E-state index in [0.29, 0.717) is 6.42 Å². The molecule has 1 N–H and O–H groups in total. The van der Waals surface area contributed by atoms with Crippen LogP contribution in [0.5, 0.6) is 5.75 Å². The molecule has 3 heteroatoms. The number of aromatic hydroxyl groups is 1. The zero-order valence-electron chi connectivity index (χ0n) is 9.94. The predicted molar refractivity (Wildman–Crippen MR) is 64.4 cm³/mol. The quantitative estimate of drug-likeness (QED) is 0.828. The molecule has 0 aliphatic carbocycles. The van der Waals surface area contributed by atoms with Crippen molar-refractivity contribution in [3.8, 4) is 5.75 Å². The van der Waals surface area contributed by atoms with Gasteiger partial charge in [0, 0.05) is 13.6 Å². The maximum absolute atomic E-state index is 11.8. The average Bonchev–Trinajstić information content (AvgIpc) is 2.25. The fourth-order valence-corrected chi connectivity index (χ4v) is 1.50. The first-order valence-corrected chi connectivity index (χ1v) is 5.65. The highest BCUT2D eigenvalue weighted by atomic mass is 16.3. The number of phenolic OH excluding ortho intramolecular Hbond substituents is 1. The molecule has 1 amide bonds. The standard InChI is InChI=1S/C13H19NO2/c1-3-4-8-14(2)13(16)10-11-6-5-7-12(15)9-11/h5-7,9,15H,3-4,8,10H2,1-2H3. The highest BCUT2D eigenvalue weighted by Crippen LogP contribution is 2.12. The molecule has 16 heavy (non-hydrogen) atoms. The van der Waals surface area contributed by atoms with Crippen LogP contribution < -0.4 is 0 Å². The summed E-state index contributed by atoms with van der Waals surface area (Å²) in [6.45, 7) is 2.90. The molecule has 0 bridgehead atoms. The number of likely N-dealkylation sites (N-methyl/N-ethyl adjacent to an activating group) is 1. The molecule has 1 aromatic carbocycles. The normalized spacial score (nSPS) is 10.1. The van der Waals surface area contributed by atoms with Crippen molar-refractivity contribution in [1.29, 1.82) is 0 Å². The summed E-state index contributed by atoms with van der Waals surface area (Å²) in [6.07, 6.45) is 2.47. The van der Waals surface area contributed by atoms with Gasteiger partial charge in [0.15, 0.2) is 0 Å². The van der Waals surface area contributed by atoms with Crippen molar-refractivity contribution in [3.63, 3.8) is 0 Å². The zero-order chi connectivity index (χ0) is 12.0. The maximum atomic E-state index is 11.8. The van der Waals surface area contributed by atoms with E-state index in [1.807, 2.05) is 13.1 Å². The Hall–Kier alpha value is -1.51. The number of carbonyl (C=O) groups excluding carboxylic acids is 1. The van der Waals surface area contributed by atoms with Crippen molar-refractivity contribution in [3.05, 3.63) is 29.8 Å². The van der Waals surface area contributed by atoms with Gasteiger partial charge < -0.3 is 10.0 Å². The van der Waals surface area contributed by atoms with Gasteiger partial charge in [-0.1, -0.05) is 25.5 Å². The molecule has 1 aromatic rings. The first-order chi connectivity index (χ1) is 7.63. The minimum atomic E-state index is 0.0963. The van der Waals surface area contributed by atoms with E-state index < -0.39 is 0 Å². The monoisotopic (exact) mass is 221 g/mol. The Morgan fingerprint density at radius 2 is 2.19 bits per heavy atom. The third kappa shape index (κ3) is 3.93. The summed E-state index contributed by atoms with van der Waals surface area (Å²) in [5.41, 5.74) is 0.855. The van der Waals surface area contributed by atoms with Gasteiger partial charge in [0.25, 0.3) is 0 Å². The zero-order valence-corrected chi connectivity index (χ0v) is 9.94. The lowest BCUT2D eigenvalue weighted by Gasteiger charge is -2.16. The van der Waals surface area contributed by atoms with Crippen LogP contribution in [0, 0.1) is 0 Å². The van der Waals surface area contributed by atoms with E-state index in [-0.39, 0.29) is 11.7 Å². The molecule has 0 saturated carbocycles. The second kappa shape index (κ2) is 6.16. The van der Waals surface area contributed by atoms with Crippen molar-refractivity contribution >= 4 is 5.91 Å². The molecule has 0 unspecified atom stereocenters. The van der Waals surface area contributed by atoms with E-state index in [1.165, 1.54) is 0 Å². The topological polar surface area (TPSA) is 40.5 Å². The smallest absolute Gasteiger partial charge is 0.226 e. The average molecular weight is 221 g/mol. The molecule has 1 rings (SSSR count). The van der Waals surface area contributed by atoms with Gasteiger partial charge in [-0.25, -0.2) is 0 Å². The van der Waals surface area contributed by atoms with Gasteiger partial charge in [-0.2, -0.15) is 0 Å². The van der Waals surface area contributed by atoms with Gasteiger partial charge in [0.1, 0.15) is 5.75 Å². The van der Waals surface area contributed by atoms with Crippen LogP contribution in [0.4, 0.5) is 0 Å². The Bertz CT molecular complexity index is 350. The first kappa shape index (κ1) is 12.6. The van der Waals surface area contributed by atoms with Crippen LogP contribution in [0.1, 0.15) is 25.3 Å². The fourth-order valence-electron chi connectivity index (χ4n) is 1.50. The Balaban J connectivity index is 2.50. The van der Waals surface area contributed by atoms with Crippen molar-refractivity contribution in [2.24, 2.45) is 0 Å². The summed E-state index contributed by atoms with van der Waals surface area (Å²) in [4.78, 5) is 13.5. The van der Waals surface area contributed by atoms with E-state index in [0.717, 1.165) is 24.9 Å². The SMILES string of the molecule is CCCCN(C)C(=O)Cc1cccc(O)c1. The van der Waals surface area contributed by atoms with E-state index >= 15 is 0 Å². The van der Waals surface area contributed by atoms with Crippen molar-refractivity contribution in [2.75, 3.05) is 13.6 Å². The minimum Gasteiger partial charge on any atom is -0.508 e. The van der Waals surface area contributed by atoms with Gasteiger partial charge in [0.2, 0.25) is 5.91 Å². The van der Waals surface area contributed by atoms with E-state index in [9.17, 15) is 9.90 Å². The molecule has 88 valence electrons. The van der Waals surface area contributed by atoms with Crippen LogP contribution in [0.2, 0.25) is 0 Å². The van der Waals surface area contributed by atoms with Crippen LogP contribution in [0.25, 0.3) is 0 Å². The number of benzene rings is 1. The van der Waals surface area contributed by atoms with Gasteiger partial charge in [-0.15, -0.1) is 0 Å². The maximum Gasteiger partial charge on any atom is 0.226 e. The summed E-state index contributed by atoms with van der Waals surface area (Å²) in [5, 5.41) is 9.28. The number of rotatable bonds is 5. The lowest BCUT2D eigenvalue weighted by molar-refractivity contribution is -0.129. The molecular weight excluding hydrogens is 202 g/mol. The molecule has 0 spiro atoms. The van der Waals surface area contributed by atoms with Crippen LogP contribution >= 0.6 is 0 Å². The number of carbonyl (C=O) groups is 1. The summed E-state index contributed by atoms with van der Waals surface area (Å²) in [6, 6.07) is 6.84. The number of hydrogen-bond donors (Lipinski definition) is 1. The molecule has 0 aromatic heterocycles. The number of hydrogen-bond acceptors (Lipinski definition) is 2. The highest BCUT2D eigenvalue weighted by Gasteiger charge is 2.08. The number of phenols is 1. The second-order valence-electron chi connectivity index (χ2n) is 4.02. The van der Waals surface area contributed by atoms with E-state index in [4.69, 9.17) is 0 Å². The van der Waals surface area contributed by atoms with Crippen LogP contribution in [-0.4, -0.2) is 29.5 Å². The van der Waals surface area contributed by atoms with Crippen LogP contribution in [0.3, 0.4) is 0 Å². The second-order valence-corrected chi connectivity index (χ2v) is 4.02. The minimum absolute atomic E-state index is 0.0963. The molecular formula is C13H19NO2. The lowest BCUT2D eigenvalue weighted by Crippen LogP contribution is -2.29. The van der Waals surface area contributed by atoms with Crippen LogP contribution in [-0.2, 0) is 11.2 Å². The Kier molecular flexibility index (Phi) is 4.83. The molecule has 0 aliphatic rings. The van der Waals surface area contributed by atoms with Gasteiger partial charge in [0.05, 0.1) is 6.42 Å². The number of nitrogens with zero attached hydrogens (tertiary/aromatic N) is 1. The molecule has 0 aliphatic heterocycles. The van der Waals surface area contributed by atoms with Crippen molar-refractivity contribution in [2.45, 2.75) is 26.2 Å². The van der Waals surface area contributed by atoms with Gasteiger partial charge in [-0.3, -0.25) is 4.79 Å².